The molecular formula is C13H8F3NO3. The number of benzene rings is 1. The Labute approximate surface area is 111 Å². The summed E-state index contributed by atoms with van der Waals surface area (Å²) in [5.74, 6) is -1.42. The first-order chi connectivity index (χ1) is 9.36. The lowest BCUT2D eigenvalue weighted by molar-refractivity contribution is -0.137. The Kier molecular flexibility index (Phi) is 3.60. The van der Waals surface area contributed by atoms with Gasteiger partial charge in [0.2, 0.25) is 5.88 Å². The zero-order valence-corrected chi connectivity index (χ0v) is 9.89. The average Bonchev–Trinajstić information content (AvgIpc) is 2.38. The van der Waals surface area contributed by atoms with E-state index in [-0.39, 0.29) is 17.3 Å². The Morgan fingerprint density at radius 1 is 1.15 bits per heavy atom. The fourth-order valence-electron chi connectivity index (χ4n) is 1.45. The van der Waals surface area contributed by atoms with Gasteiger partial charge in [-0.15, -0.1) is 0 Å². The van der Waals surface area contributed by atoms with E-state index in [1.54, 1.807) is 0 Å². The number of nitrogens with zero attached hydrogens (tertiary/aromatic N) is 1. The molecular weight excluding hydrogens is 275 g/mol. The van der Waals surface area contributed by atoms with E-state index in [4.69, 9.17) is 9.84 Å². The molecule has 0 radical (unpaired) electrons. The van der Waals surface area contributed by atoms with Crippen LogP contribution in [0.25, 0.3) is 0 Å². The number of carbonyl (C=O) groups is 1. The predicted molar refractivity (Wildman–Crippen MR) is 62.7 cm³/mol. The van der Waals surface area contributed by atoms with Crippen LogP contribution in [0.15, 0.2) is 42.5 Å². The highest BCUT2D eigenvalue weighted by Crippen LogP contribution is 2.32. The van der Waals surface area contributed by atoms with Crippen molar-refractivity contribution in [2.24, 2.45) is 0 Å². The van der Waals surface area contributed by atoms with E-state index >= 15 is 0 Å². The molecule has 1 aromatic carbocycles. The van der Waals surface area contributed by atoms with E-state index in [9.17, 15) is 18.0 Å². The number of alkyl halides is 3. The lowest BCUT2D eigenvalue weighted by Crippen LogP contribution is -2.05. The minimum atomic E-state index is -4.48. The molecule has 20 heavy (non-hydrogen) atoms. The van der Waals surface area contributed by atoms with Gasteiger partial charge in [0.1, 0.15) is 5.75 Å². The maximum Gasteiger partial charge on any atom is 0.416 e. The van der Waals surface area contributed by atoms with Crippen molar-refractivity contribution in [3.8, 4) is 11.6 Å². The molecule has 4 nitrogen and oxygen atoms in total. The Balaban J connectivity index is 2.26. The highest BCUT2D eigenvalue weighted by molar-refractivity contribution is 5.85. The van der Waals surface area contributed by atoms with Crippen molar-refractivity contribution >= 4 is 5.97 Å². The van der Waals surface area contributed by atoms with E-state index in [1.807, 2.05) is 0 Å². The molecule has 0 amide bonds. The lowest BCUT2D eigenvalue weighted by Gasteiger charge is -2.09. The maximum atomic E-state index is 12.5. The Bertz CT molecular complexity index is 641. The van der Waals surface area contributed by atoms with Crippen molar-refractivity contribution in [1.29, 1.82) is 0 Å². The lowest BCUT2D eigenvalue weighted by atomic mass is 10.2. The second-order valence-corrected chi connectivity index (χ2v) is 3.79. The van der Waals surface area contributed by atoms with E-state index in [1.165, 1.54) is 30.3 Å². The summed E-state index contributed by atoms with van der Waals surface area (Å²) < 4.78 is 42.7. The highest BCUT2D eigenvalue weighted by Gasteiger charge is 2.30. The SMILES string of the molecule is O=C(O)c1cccc(Oc2cccc(C(F)(F)F)c2)n1. The number of hydrogen-bond acceptors (Lipinski definition) is 3. The van der Waals surface area contributed by atoms with Gasteiger partial charge < -0.3 is 9.84 Å². The Morgan fingerprint density at radius 2 is 1.85 bits per heavy atom. The number of aromatic carboxylic acids is 1. The number of ether oxygens (including phenoxy) is 1. The van der Waals surface area contributed by atoms with Crippen LogP contribution in [0.2, 0.25) is 0 Å². The van der Waals surface area contributed by atoms with Crippen molar-refractivity contribution in [3.05, 3.63) is 53.7 Å². The quantitative estimate of drug-likeness (QED) is 0.935. The predicted octanol–water partition coefficient (Wildman–Crippen LogP) is 3.59. The van der Waals surface area contributed by atoms with Gasteiger partial charge in [0.15, 0.2) is 5.69 Å². The summed E-state index contributed by atoms with van der Waals surface area (Å²) in [6, 6.07) is 8.24. The van der Waals surface area contributed by atoms with Crippen molar-refractivity contribution in [1.82, 2.24) is 4.98 Å². The normalized spacial score (nSPS) is 11.2. The fourth-order valence-corrected chi connectivity index (χ4v) is 1.45. The number of hydrogen-bond donors (Lipinski definition) is 1. The first-order valence-electron chi connectivity index (χ1n) is 5.42. The summed E-state index contributed by atoms with van der Waals surface area (Å²) in [5.41, 5.74) is -1.11. The summed E-state index contributed by atoms with van der Waals surface area (Å²) in [7, 11) is 0. The minimum absolute atomic E-state index is 0.0742. The van der Waals surface area contributed by atoms with Crippen LogP contribution in [0.4, 0.5) is 13.2 Å². The summed E-state index contributed by atoms with van der Waals surface area (Å²) in [6.45, 7) is 0. The van der Waals surface area contributed by atoms with Gasteiger partial charge in [-0.2, -0.15) is 13.2 Å². The molecule has 7 heteroatoms. The number of rotatable bonds is 3. The molecule has 1 aromatic heterocycles. The molecule has 0 saturated carbocycles. The van der Waals surface area contributed by atoms with Crippen LogP contribution < -0.4 is 4.74 Å². The molecule has 0 aliphatic carbocycles. The van der Waals surface area contributed by atoms with Crippen LogP contribution in [-0.4, -0.2) is 16.1 Å². The molecule has 0 unspecified atom stereocenters. The second-order valence-electron chi connectivity index (χ2n) is 3.79. The van der Waals surface area contributed by atoms with Gasteiger partial charge in [-0.3, -0.25) is 0 Å². The molecule has 0 fully saturated rings. The van der Waals surface area contributed by atoms with E-state index in [0.29, 0.717) is 0 Å². The Morgan fingerprint density at radius 3 is 2.50 bits per heavy atom. The summed E-state index contributed by atoms with van der Waals surface area (Å²) in [6.07, 6.45) is -4.48. The van der Waals surface area contributed by atoms with Gasteiger partial charge >= 0.3 is 12.1 Å². The Hall–Kier alpha value is -2.57. The molecule has 1 N–H and O–H groups in total. The van der Waals surface area contributed by atoms with Gasteiger partial charge in [0, 0.05) is 6.07 Å². The van der Waals surface area contributed by atoms with Gasteiger partial charge in [0.05, 0.1) is 5.56 Å². The zero-order valence-electron chi connectivity index (χ0n) is 9.89. The van der Waals surface area contributed by atoms with Crippen molar-refractivity contribution in [2.75, 3.05) is 0 Å². The molecule has 1 heterocycles. The fraction of sp³-hybridized carbons (Fsp3) is 0.0769. The third-order valence-corrected chi connectivity index (χ3v) is 2.33. The number of pyridine rings is 1. The topological polar surface area (TPSA) is 59.4 Å². The van der Waals surface area contributed by atoms with Crippen LogP contribution in [0.3, 0.4) is 0 Å². The van der Waals surface area contributed by atoms with E-state index < -0.39 is 17.7 Å². The van der Waals surface area contributed by atoms with E-state index in [2.05, 4.69) is 4.98 Å². The molecule has 0 aliphatic heterocycles. The number of carboxylic acid groups (broad SMARTS) is 1. The first kappa shape index (κ1) is 13.9. The molecule has 0 saturated heterocycles. The largest absolute Gasteiger partial charge is 0.477 e. The maximum absolute atomic E-state index is 12.5. The van der Waals surface area contributed by atoms with Crippen molar-refractivity contribution in [3.63, 3.8) is 0 Å². The molecule has 0 atom stereocenters. The van der Waals surface area contributed by atoms with Crippen LogP contribution in [-0.2, 0) is 6.18 Å². The molecule has 0 spiro atoms. The molecule has 2 rings (SSSR count). The van der Waals surface area contributed by atoms with Crippen molar-refractivity contribution in [2.45, 2.75) is 6.18 Å². The minimum Gasteiger partial charge on any atom is -0.477 e. The van der Waals surface area contributed by atoms with Crippen LogP contribution in [0, 0.1) is 0 Å². The van der Waals surface area contributed by atoms with Crippen LogP contribution in [0.1, 0.15) is 16.1 Å². The van der Waals surface area contributed by atoms with Crippen molar-refractivity contribution < 1.29 is 27.8 Å². The molecule has 0 bridgehead atoms. The smallest absolute Gasteiger partial charge is 0.416 e. The van der Waals surface area contributed by atoms with Gasteiger partial charge in [-0.25, -0.2) is 9.78 Å². The van der Waals surface area contributed by atoms with Gasteiger partial charge in [-0.05, 0) is 24.3 Å². The summed E-state index contributed by atoms with van der Waals surface area (Å²) in [5, 5.41) is 8.76. The third kappa shape index (κ3) is 3.25. The molecule has 104 valence electrons. The number of carboxylic acids is 1. The monoisotopic (exact) mass is 283 g/mol. The summed E-state index contributed by atoms with van der Waals surface area (Å²) >= 11 is 0. The highest BCUT2D eigenvalue weighted by atomic mass is 19.4. The van der Waals surface area contributed by atoms with Gasteiger partial charge in [-0.1, -0.05) is 12.1 Å². The average molecular weight is 283 g/mol. The number of aromatic nitrogens is 1. The standard InChI is InChI=1S/C13H8F3NO3/c14-13(15,16)8-3-1-4-9(7-8)20-11-6-2-5-10(17-11)12(18)19/h1-7H,(H,18,19). The van der Waals surface area contributed by atoms with E-state index in [0.717, 1.165) is 12.1 Å². The summed E-state index contributed by atoms with van der Waals surface area (Å²) in [4.78, 5) is 14.4. The molecule has 2 aromatic rings. The first-order valence-corrected chi connectivity index (χ1v) is 5.42. The van der Waals surface area contributed by atoms with Gasteiger partial charge in [0.25, 0.3) is 0 Å². The number of halogens is 3. The zero-order chi connectivity index (χ0) is 14.8. The van der Waals surface area contributed by atoms with Crippen LogP contribution >= 0.6 is 0 Å². The third-order valence-electron chi connectivity index (χ3n) is 2.33. The molecule has 0 aliphatic rings. The van der Waals surface area contributed by atoms with Crippen LogP contribution in [0.5, 0.6) is 11.6 Å². The second kappa shape index (κ2) is 5.20.